The monoisotopic (exact) mass is 370 g/mol. The first-order chi connectivity index (χ1) is 12.7. The molecule has 2 heterocycles. The summed E-state index contributed by atoms with van der Waals surface area (Å²) < 4.78 is 27.1. The first-order valence-corrected chi connectivity index (χ1v) is 8.86. The number of halogens is 1. The third-order valence-corrected chi connectivity index (χ3v) is 4.99. The highest BCUT2D eigenvalue weighted by Crippen LogP contribution is 2.35. The van der Waals surface area contributed by atoms with Crippen LogP contribution in [0.3, 0.4) is 0 Å². The van der Waals surface area contributed by atoms with Crippen molar-refractivity contribution < 1.29 is 18.7 Å². The summed E-state index contributed by atoms with van der Waals surface area (Å²) in [6.45, 7) is 5.29. The van der Waals surface area contributed by atoms with Gasteiger partial charge in [-0.05, 0) is 24.3 Å². The van der Waals surface area contributed by atoms with Gasteiger partial charge in [-0.25, -0.2) is 4.39 Å². The lowest BCUT2D eigenvalue weighted by Crippen LogP contribution is -2.17. The molecule has 0 atom stereocenters. The number of fused-ring (bicyclic) bond motifs is 2. The molecule has 0 saturated heterocycles. The maximum absolute atomic E-state index is 13.1. The second-order valence-electron chi connectivity index (χ2n) is 5.67. The number of aromatic nitrogens is 1. The second-order valence-corrected chi connectivity index (χ2v) is 6.68. The van der Waals surface area contributed by atoms with Crippen molar-refractivity contribution in [1.29, 1.82) is 0 Å². The highest BCUT2D eigenvalue weighted by molar-refractivity contribution is 7.16. The van der Waals surface area contributed by atoms with Crippen LogP contribution in [0.2, 0.25) is 0 Å². The van der Waals surface area contributed by atoms with Gasteiger partial charge in [-0.2, -0.15) is 4.99 Å². The van der Waals surface area contributed by atoms with Gasteiger partial charge < -0.3 is 14.0 Å². The van der Waals surface area contributed by atoms with E-state index in [1.54, 1.807) is 6.08 Å². The molecule has 0 radical (unpaired) electrons. The van der Waals surface area contributed by atoms with Gasteiger partial charge in [0, 0.05) is 24.2 Å². The number of allylic oxidation sites excluding steroid dienone is 1. The van der Waals surface area contributed by atoms with Crippen molar-refractivity contribution in [2.45, 2.75) is 6.54 Å². The van der Waals surface area contributed by atoms with Gasteiger partial charge in [0.1, 0.15) is 19.0 Å². The minimum Gasteiger partial charge on any atom is -0.486 e. The van der Waals surface area contributed by atoms with E-state index in [1.165, 1.54) is 35.6 Å². The lowest BCUT2D eigenvalue weighted by Gasteiger charge is -2.18. The van der Waals surface area contributed by atoms with Crippen LogP contribution in [-0.2, 0) is 6.54 Å². The normalized spacial score (nSPS) is 13.8. The zero-order valence-corrected chi connectivity index (χ0v) is 14.6. The Morgan fingerprint density at radius 2 is 1.92 bits per heavy atom. The molecule has 0 saturated carbocycles. The number of amides is 1. The van der Waals surface area contributed by atoms with Gasteiger partial charge in [-0.1, -0.05) is 17.4 Å². The molecule has 1 aromatic heterocycles. The number of rotatable bonds is 3. The molecule has 0 fully saturated rings. The van der Waals surface area contributed by atoms with E-state index in [9.17, 15) is 9.18 Å². The molecule has 1 aliphatic rings. The van der Waals surface area contributed by atoms with Gasteiger partial charge in [-0.3, -0.25) is 4.79 Å². The van der Waals surface area contributed by atoms with Crippen LogP contribution in [-0.4, -0.2) is 23.7 Å². The van der Waals surface area contributed by atoms with Crippen LogP contribution in [0.5, 0.6) is 11.5 Å². The van der Waals surface area contributed by atoms with Crippen LogP contribution in [0.15, 0.2) is 54.0 Å². The van der Waals surface area contributed by atoms with Crippen LogP contribution >= 0.6 is 11.3 Å². The third kappa shape index (κ3) is 3.01. The van der Waals surface area contributed by atoms with Gasteiger partial charge in [0.25, 0.3) is 5.91 Å². The zero-order valence-electron chi connectivity index (χ0n) is 13.8. The Kier molecular flexibility index (Phi) is 4.30. The number of ether oxygens (including phenoxy) is 2. The van der Waals surface area contributed by atoms with Crippen molar-refractivity contribution in [3.8, 4) is 11.5 Å². The second kappa shape index (κ2) is 6.76. The van der Waals surface area contributed by atoms with Crippen molar-refractivity contribution in [3.05, 3.63) is 65.2 Å². The Bertz CT molecular complexity index is 1070. The summed E-state index contributed by atoms with van der Waals surface area (Å²) in [5.74, 6) is 0.547. The molecule has 3 aromatic rings. The molecule has 7 heteroatoms. The molecule has 0 spiro atoms. The molecule has 5 nitrogen and oxygen atoms in total. The minimum atomic E-state index is -0.424. The quantitative estimate of drug-likeness (QED) is 0.663. The minimum absolute atomic E-state index is 0.333. The van der Waals surface area contributed by atoms with E-state index in [0.29, 0.717) is 41.6 Å². The molecule has 26 heavy (non-hydrogen) atoms. The fraction of sp³-hybridized carbons (Fsp3) is 0.158. The number of hydrogen-bond acceptors (Lipinski definition) is 4. The van der Waals surface area contributed by atoms with Crippen molar-refractivity contribution in [2.24, 2.45) is 4.99 Å². The Labute approximate surface area is 152 Å². The Morgan fingerprint density at radius 3 is 2.62 bits per heavy atom. The molecule has 0 unspecified atom stereocenters. The van der Waals surface area contributed by atoms with E-state index < -0.39 is 11.7 Å². The number of benzene rings is 2. The number of thiazole rings is 1. The molecule has 132 valence electrons. The van der Waals surface area contributed by atoms with Crippen LogP contribution in [0, 0.1) is 5.82 Å². The van der Waals surface area contributed by atoms with E-state index in [-0.39, 0.29) is 0 Å². The predicted octanol–water partition coefficient (Wildman–Crippen LogP) is 3.54. The molecular formula is C19H15FN2O3S. The number of carbonyl (C=O) groups is 1. The molecular weight excluding hydrogens is 355 g/mol. The molecule has 1 aliphatic heterocycles. The largest absolute Gasteiger partial charge is 0.486 e. The Morgan fingerprint density at radius 1 is 1.23 bits per heavy atom. The Hall–Kier alpha value is -2.93. The van der Waals surface area contributed by atoms with E-state index >= 15 is 0 Å². The standard InChI is InChI=1S/C19H15FN2O3S/c1-2-7-22-14-10-15-16(25-9-8-24-15)11-17(14)26-19(22)21-18(23)12-3-5-13(20)6-4-12/h2-6,10-11H,1,7-9H2. The fourth-order valence-corrected chi connectivity index (χ4v) is 3.79. The topological polar surface area (TPSA) is 52.8 Å². The van der Waals surface area contributed by atoms with Crippen molar-refractivity contribution >= 4 is 27.5 Å². The van der Waals surface area contributed by atoms with Crippen LogP contribution in [0.1, 0.15) is 10.4 Å². The summed E-state index contributed by atoms with van der Waals surface area (Å²) in [5, 5.41) is 0. The van der Waals surface area contributed by atoms with E-state index in [2.05, 4.69) is 11.6 Å². The van der Waals surface area contributed by atoms with E-state index in [4.69, 9.17) is 9.47 Å². The first-order valence-electron chi connectivity index (χ1n) is 8.04. The zero-order chi connectivity index (χ0) is 18.1. The van der Waals surface area contributed by atoms with Crippen molar-refractivity contribution in [3.63, 3.8) is 0 Å². The molecule has 1 amide bonds. The van der Waals surface area contributed by atoms with Crippen LogP contribution < -0.4 is 14.3 Å². The molecule has 0 N–H and O–H groups in total. The lowest BCUT2D eigenvalue weighted by atomic mass is 10.2. The first kappa shape index (κ1) is 16.5. The lowest BCUT2D eigenvalue weighted by molar-refractivity contribution is 0.0998. The van der Waals surface area contributed by atoms with Gasteiger partial charge in [0.05, 0.1) is 10.2 Å². The number of nitrogens with zero attached hydrogens (tertiary/aromatic N) is 2. The van der Waals surface area contributed by atoms with E-state index in [0.717, 1.165) is 10.2 Å². The summed E-state index contributed by atoms with van der Waals surface area (Å²) in [7, 11) is 0. The van der Waals surface area contributed by atoms with Crippen molar-refractivity contribution in [1.82, 2.24) is 4.57 Å². The van der Waals surface area contributed by atoms with Crippen LogP contribution in [0.25, 0.3) is 10.2 Å². The molecule has 2 aromatic carbocycles. The maximum atomic E-state index is 13.1. The molecule has 0 aliphatic carbocycles. The highest BCUT2D eigenvalue weighted by Gasteiger charge is 2.16. The van der Waals surface area contributed by atoms with Crippen molar-refractivity contribution in [2.75, 3.05) is 13.2 Å². The maximum Gasteiger partial charge on any atom is 0.279 e. The summed E-state index contributed by atoms with van der Waals surface area (Å²) in [6, 6.07) is 9.13. The molecule has 0 bridgehead atoms. The average molecular weight is 370 g/mol. The Balaban J connectivity index is 1.85. The fourth-order valence-electron chi connectivity index (χ4n) is 2.74. The number of carbonyl (C=O) groups excluding carboxylic acids is 1. The highest BCUT2D eigenvalue weighted by atomic mass is 32.1. The molecule has 4 rings (SSSR count). The van der Waals surface area contributed by atoms with Gasteiger partial charge >= 0.3 is 0 Å². The average Bonchev–Trinajstić information content (AvgIpc) is 2.97. The van der Waals surface area contributed by atoms with Gasteiger partial charge in [0.15, 0.2) is 16.3 Å². The third-order valence-electron chi connectivity index (χ3n) is 3.95. The summed E-state index contributed by atoms with van der Waals surface area (Å²) in [6.07, 6.45) is 1.74. The SMILES string of the molecule is C=CCn1c(=NC(=O)c2ccc(F)cc2)sc2cc3c(cc21)OCCO3. The van der Waals surface area contributed by atoms with Crippen LogP contribution in [0.4, 0.5) is 4.39 Å². The van der Waals surface area contributed by atoms with E-state index in [1.807, 2.05) is 16.7 Å². The summed E-state index contributed by atoms with van der Waals surface area (Å²) >= 11 is 1.38. The van der Waals surface area contributed by atoms with Gasteiger partial charge in [0.2, 0.25) is 0 Å². The summed E-state index contributed by atoms with van der Waals surface area (Å²) in [4.78, 5) is 17.2. The van der Waals surface area contributed by atoms with Gasteiger partial charge in [-0.15, -0.1) is 6.58 Å². The summed E-state index contributed by atoms with van der Waals surface area (Å²) in [5.41, 5.74) is 1.23. The predicted molar refractivity (Wildman–Crippen MR) is 97.3 cm³/mol. The number of hydrogen-bond donors (Lipinski definition) is 0. The smallest absolute Gasteiger partial charge is 0.279 e.